The van der Waals surface area contributed by atoms with Gasteiger partial charge in [0.1, 0.15) is 5.75 Å². The maximum absolute atomic E-state index is 12.1. The van der Waals surface area contributed by atoms with Crippen LogP contribution in [0.2, 0.25) is 0 Å². The van der Waals surface area contributed by atoms with Crippen molar-refractivity contribution >= 4 is 11.3 Å². The van der Waals surface area contributed by atoms with E-state index in [-0.39, 0.29) is 11.8 Å². The second kappa shape index (κ2) is 8.22. The highest BCUT2D eigenvalue weighted by Gasteiger charge is 2.14. The monoisotopic (exact) mass is 327 g/mol. The fourth-order valence-electron chi connectivity index (χ4n) is 2.18. The van der Waals surface area contributed by atoms with E-state index in [1.807, 2.05) is 11.4 Å². The lowest BCUT2D eigenvalue weighted by molar-refractivity contribution is -0.0498. The minimum atomic E-state index is -2.84. The molecule has 0 radical (unpaired) electrons. The quantitative estimate of drug-likeness (QED) is 0.766. The van der Waals surface area contributed by atoms with Crippen LogP contribution in [0.4, 0.5) is 8.78 Å². The zero-order valence-electron chi connectivity index (χ0n) is 12.2. The molecule has 2 atom stereocenters. The molecule has 0 bridgehead atoms. The first-order chi connectivity index (χ1) is 10.6. The molecule has 1 aromatic heterocycles. The van der Waals surface area contributed by atoms with E-state index < -0.39 is 12.7 Å². The number of rotatable bonds is 8. The minimum absolute atomic E-state index is 0.0870. The highest BCUT2D eigenvalue weighted by molar-refractivity contribution is 7.10. The van der Waals surface area contributed by atoms with Crippen molar-refractivity contribution in [2.45, 2.75) is 32.1 Å². The van der Waals surface area contributed by atoms with Crippen molar-refractivity contribution in [3.63, 3.8) is 0 Å². The molecule has 1 heterocycles. The number of ether oxygens (including phenoxy) is 1. The van der Waals surface area contributed by atoms with E-state index in [4.69, 9.17) is 0 Å². The molecule has 2 unspecified atom stereocenters. The standard InChI is InChI=1S/C16H19F2NO2S/c1-2-13(15-4-3-9-22-15)19-10-14(20)11-5-7-12(8-6-11)21-16(17)18/h3-9,13-14,16,19-20H,2,10H2,1H3. The Morgan fingerprint density at radius 2 is 1.95 bits per heavy atom. The number of thiophene rings is 1. The minimum Gasteiger partial charge on any atom is -0.435 e. The Morgan fingerprint density at radius 3 is 2.50 bits per heavy atom. The molecule has 22 heavy (non-hydrogen) atoms. The molecule has 2 N–H and O–H groups in total. The summed E-state index contributed by atoms with van der Waals surface area (Å²) in [7, 11) is 0. The predicted octanol–water partition coefficient (Wildman–Crippen LogP) is 4.12. The lowest BCUT2D eigenvalue weighted by Crippen LogP contribution is -2.25. The fourth-order valence-corrected chi connectivity index (χ4v) is 3.06. The van der Waals surface area contributed by atoms with Crippen LogP contribution < -0.4 is 10.1 Å². The van der Waals surface area contributed by atoms with Gasteiger partial charge in [0.15, 0.2) is 0 Å². The molecule has 6 heteroatoms. The summed E-state index contributed by atoms with van der Waals surface area (Å²) in [6.45, 7) is -0.361. The van der Waals surface area contributed by atoms with Gasteiger partial charge in [-0.15, -0.1) is 11.3 Å². The van der Waals surface area contributed by atoms with Crippen molar-refractivity contribution in [1.29, 1.82) is 0 Å². The smallest absolute Gasteiger partial charge is 0.387 e. The van der Waals surface area contributed by atoms with Crippen molar-refractivity contribution in [1.82, 2.24) is 5.32 Å². The van der Waals surface area contributed by atoms with Gasteiger partial charge in [0.2, 0.25) is 0 Å². The van der Waals surface area contributed by atoms with Gasteiger partial charge in [-0.25, -0.2) is 0 Å². The van der Waals surface area contributed by atoms with Gasteiger partial charge in [0.25, 0.3) is 0 Å². The first-order valence-electron chi connectivity index (χ1n) is 7.09. The number of nitrogens with one attached hydrogen (secondary N) is 1. The highest BCUT2D eigenvalue weighted by Crippen LogP contribution is 2.23. The molecule has 0 saturated carbocycles. The number of aliphatic hydroxyl groups excluding tert-OH is 1. The molecular weight excluding hydrogens is 308 g/mol. The topological polar surface area (TPSA) is 41.5 Å². The summed E-state index contributed by atoms with van der Waals surface area (Å²) in [5, 5.41) is 15.5. The molecule has 0 aliphatic carbocycles. The molecule has 0 spiro atoms. The molecule has 1 aromatic carbocycles. The zero-order chi connectivity index (χ0) is 15.9. The summed E-state index contributed by atoms with van der Waals surface area (Å²) < 4.78 is 28.4. The van der Waals surface area contributed by atoms with Gasteiger partial charge in [-0.05, 0) is 35.6 Å². The third kappa shape index (κ3) is 4.76. The number of benzene rings is 1. The first kappa shape index (κ1) is 16.9. The Bertz CT molecular complexity index is 546. The van der Waals surface area contributed by atoms with E-state index in [2.05, 4.69) is 23.0 Å². The third-order valence-electron chi connectivity index (χ3n) is 3.34. The van der Waals surface area contributed by atoms with Gasteiger partial charge in [-0.2, -0.15) is 8.78 Å². The number of hydrogen-bond acceptors (Lipinski definition) is 4. The molecule has 0 amide bonds. The molecule has 2 rings (SSSR count). The lowest BCUT2D eigenvalue weighted by Gasteiger charge is -2.19. The van der Waals surface area contributed by atoms with Crippen molar-refractivity contribution < 1.29 is 18.6 Å². The summed E-state index contributed by atoms with van der Waals surface area (Å²) in [5.74, 6) is 0.0870. The van der Waals surface area contributed by atoms with Gasteiger partial charge < -0.3 is 15.2 Å². The second-order valence-corrected chi connectivity index (χ2v) is 5.83. The Hall–Kier alpha value is -1.50. The summed E-state index contributed by atoms with van der Waals surface area (Å²) in [5.41, 5.74) is 0.662. The Kier molecular flexibility index (Phi) is 6.30. The molecule has 0 saturated heterocycles. The van der Waals surface area contributed by atoms with E-state index in [0.29, 0.717) is 12.1 Å². The summed E-state index contributed by atoms with van der Waals surface area (Å²) in [6, 6.07) is 10.3. The van der Waals surface area contributed by atoms with Crippen molar-refractivity contribution in [3.05, 3.63) is 52.2 Å². The van der Waals surface area contributed by atoms with Crippen LogP contribution in [0, 0.1) is 0 Å². The Balaban J connectivity index is 1.90. The Morgan fingerprint density at radius 1 is 1.23 bits per heavy atom. The largest absolute Gasteiger partial charge is 0.435 e. The van der Waals surface area contributed by atoms with Crippen molar-refractivity contribution in [3.8, 4) is 5.75 Å². The summed E-state index contributed by atoms with van der Waals surface area (Å²) in [4.78, 5) is 1.23. The van der Waals surface area contributed by atoms with Gasteiger partial charge >= 0.3 is 6.61 Å². The maximum Gasteiger partial charge on any atom is 0.387 e. The molecule has 2 aromatic rings. The lowest BCUT2D eigenvalue weighted by atomic mass is 10.1. The number of halogens is 2. The van der Waals surface area contributed by atoms with E-state index in [9.17, 15) is 13.9 Å². The van der Waals surface area contributed by atoms with Crippen LogP contribution in [0.5, 0.6) is 5.75 Å². The van der Waals surface area contributed by atoms with Gasteiger partial charge in [-0.1, -0.05) is 25.1 Å². The average Bonchev–Trinajstić information content (AvgIpc) is 3.02. The van der Waals surface area contributed by atoms with E-state index in [0.717, 1.165) is 6.42 Å². The predicted molar refractivity (Wildman–Crippen MR) is 83.4 cm³/mol. The van der Waals surface area contributed by atoms with Gasteiger partial charge in [-0.3, -0.25) is 0 Å². The second-order valence-electron chi connectivity index (χ2n) is 4.85. The molecular formula is C16H19F2NO2S. The number of alkyl halides is 2. The summed E-state index contributed by atoms with van der Waals surface area (Å²) >= 11 is 1.68. The maximum atomic E-state index is 12.1. The molecule has 0 fully saturated rings. The Labute approximate surface area is 132 Å². The van der Waals surface area contributed by atoms with Crippen LogP contribution in [0.1, 0.15) is 35.9 Å². The summed E-state index contributed by atoms with van der Waals surface area (Å²) in [6.07, 6.45) is 0.226. The third-order valence-corrected chi connectivity index (χ3v) is 4.33. The van der Waals surface area contributed by atoms with E-state index in [1.54, 1.807) is 23.5 Å². The van der Waals surface area contributed by atoms with Crippen LogP contribution in [-0.2, 0) is 0 Å². The van der Waals surface area contributed by atoms with E-state index >= 15 is 0 Å². The van der Waals surface area contributed by atoms with Crippen LogP contribution >= 0.6 is 11.3 Å². The fraction of sp³-hybridized carbons (Fsp3) is 0.375. The molecule has 120 valence electrons. The van der Waals surface area contributed by atoms with Crippen molar-refractivity contribution in [2.24, 2.45) is 0 Å². The molecule has 0 aliphatic heterocycles. The number of hydrogen-bond donors (Lipinski definition) is 2. The van der Waals surface area contributed by atoms with Gasteiger partial charge in [0, 0.05) is 17.5 Å². The molecule has 0 aliphatic rings. The van der Waals surface area contributed by atoms with Crippen LogP contribution in [0.15, 0.2) is 41.8 Å². The van der Waals surface area contributed by atoms with Gasteiger partial charge in [0.05, 0.1) is 6.10 Å². The highest BCUT2D eigenvalue weighted by atomic mass is 32.1. The van der Waals surface area contributed by atoms with Crippen LogP contribution in [-0.4, -0.2) is 18.3 Å². The number of aliphatic hydroxyl groups is 1. The average molecular weight is 327 g/mol. The molecule has 3 nitrogen and oxygen atoms in total. The first-order valence-corrected chi connectivity index (χ1v) is 7.97. The zero-order valence-corrected chi connectivity index (χ0v) is 13.0. The van der Waals surface area contributed by atoms with Crippen LogP contribution in [0.25, 0.3) is 0 Å². The normalized spacial score (nSPS) is 14.0. The van der Waals surface area contributed by atoms with Crippen molar-refractivity contribution in [2.75, 3.05) is 6.54 Å². The van der Waals surface area contributed by atoms with Crippen LogP contribution in [0.3, 0.4) is 0 Å². The SMILES string of the molecule is CCC(NCC(O)c1ccc(OC(F)F)cc1)c1cccs1. The van der Waals surface area contributed by atoms with E-state index in [1.165, 1.54) is 17.0 Å².